The van der Waals surface area contributed by atoms with Crippen molar-refractivity contribution in [1.29, 1.82) is 0 Å². The zero-order chi connectivity index (χ0) is 11.1. The van der Waals surface area contributed by atoms with E-state index in [0.29, 0.717) is 5.92 Å². The van der Waals surface area contributed by atoms with Gasteiger partial charge in [0.05, 0.1) is 6.10 Å². The average Bonchev–Trinajstić information content (AvgIpc) is 2.75. The van der Waals surface area contributed by atoms with E-state index in [1.54, 1.807) is 0 Å². The summed E-state index contributed by atoms with van der Waals surface area (Å²) in [7, 11) is 0. The number of aliphatic hydroxyl groups is 1. The largest absolute Gasteiger partial charge is 0.392 e. The van der Waals surface area contributed by atoms with Crippen LogP contribution in [0.25, 0.3) is 0 Å². The number of fused-ring (bicyclic) bond motifs is 1. The molecule has 1 N–H and O–H groups in total. The summed E-state index contributed by atoms with van der Waals surface area (Å²) in [6.45, 7) is 3.06. The van der Waals surface area contributed by atoms with Gasteiger partial charge in [-0.25, -0.2) is 4.98 Å². The first-order valence-corrected chi connectivity index (χ1v) is 6.46. The highest BCUT2D eigenvalue weighted by Gasteiger charge is 2.47. The fourth-order valence-electron chi connectivity index (χ4n) is 3.25. The van der Waals surface area contributed by atoms with Crippen molar-refractivity contribution in [2.24, 2.45) is 17.8 Å². The highest BCUT2D eigenvalue weighted by Crippen LogP contribution is 2.55. The first-order chi connectivity index (χ1) is 7.78. The maximum atomic E-state index is 10.2. The molecule has 3 unspecified atom stereocenters. The van der Waals surface area contributed by atoms with Crippen molar-refractivity contribution in [2.45, 2.75) is 45.3 Å². The number of aliphatic hydroxyl groups excluding tert-OH is 1. The molecular formula is C13H20N2O. The summed E-state index contributed by atoms with van der Waals surface area (Å²) in [5, 5.41) is 10.2. The van der Waals surface area contributed by atoms with E-state index in [1.807, 2.05) is 12.4 Å². The quantitative estimate of drug-likeness (QED) is 0.841. The van der Waals surface area contributed by atoms with Gasteiger partial charge >= 0.3 is 0 Å². The molecule has 3 atom stereocenters. The fraction of sp³-hybridized carbons (Fsp3) is 0.769. The van der Waals surface area contributed by atoms with Crippen LogP contribution in [0.2, 0.25) is 0 Å². The molecule has 0 bridgehead atoms. The monoisotopic (exact) mass is 220 g/mol. The number of aryl methyl sites for hydroxylation is 1. The lowest BCUT2D eigenvalue weighted by molar-refractivity contribution is 0.101. The zero-order valence-electron chi connectivity index (χ0n) is 9.84. The van der Waals surface area contributed by atoms with Crippen LogP contribution in [0.15, 0.2) is 12.4 Å². The van der Waals surface area contributed by atoms with Gasteiger partial charge in [0.15, 0.2) is 0 Å². The lowest BCUT2D eigenvalue weighted by Gasteiger charge is -2.19. The molecule has 0 aliphatic heterocycles. The van der Waals surface area contributed by atoms with Crippen molar-refractivity contribution in [3.05, 3.63) is 18.2 Å². The Kier molecular flexibility index (Phi) is 2.51. The predicted octanol–water partition coefficient (Wildman–Crippen LogP) is 1.85. The van der Waals surface area contributed by atoms with Crippen molar-refractivity contribution in [1.82, 2.24) is 9.55 Å². The molecular weight excluding hydrogens is 200 g/mol. The molecule has 2 fully saturated rings. The molecule has 88 valence electrons. The second-order valence-electron chi connectivity index (χ2n) is 5.39. The number of nitrogens with zero attached hydrogens (tertiary/aromatic N) is 2. The van der Waals surface area contributed by atoms with Crippen LogP contribution in [-0.2, 0) is 13.0 Å². The Morgan fingerprint density at radius 2 is 2.19 bits per heavy atom. The molecule has 1 aromatic heterocycles. The Morgan fingerprint density at radius 1 is 1.44 bits per heavy atom. The van der Waals surface area contributed by atoms with Crippen molar-refractivity contribution in [3.63, 3.8) is 0 Å². The molecule has 2 aliphatic carbocycles. The third-order valence-corrected chi connectivity index (χ3v) is 4.36. The number of hydrogen-bond donors (Lipinski definition) is 1. The number of rotatable bonds is 4. The third-order valence-electron chi connectivity index (χ3n) is 4.36. The Bertz CT molecular complexity index is 364. The summed E-state index contributed by atoms with van der Waals surface area (Å²) in [6.07, 6.45) is 8.29. The van der Waals surface area contributed by atoms with E-state index >= 15 is 0 Å². The van der Waals surface area contributed by atoms with E-state index in [9.17, 15) is 5.11 Å². The molecule has 2 aliphatic rings. The minimum atomic E-state index is -0.180. The lowest BCUT2D eigenvalue weighted by atomic mass is 9.94. The molecule has 0 radical (unpaired) electrons. The normalized spacial score (nSPS) is 33.8. The number of hydrogen-bond acceptors (Lipinski definition) is 2. The van der Waals surface area contributed by atoms with Gasteiger partial charge in [-0.15, -0.1) is 0 Å². The topological polar surface area (TPSA) is 38.0 Å². The maximum Gasteiger partial charge on any atom is 0.111 e. The lowest BCUT2D eigenvalue weighted by Crippen LogP contribution is -2.23. The summed E-state index contributed by atoms with van der Waals surface area (Å²) >= 11 is 0. The van der Waals surface area contributed by atoms with E-state index in [1.165, 1.54) is 19.3 Å². The zero-order valence-corrected chi connectivity index (χ0v) is 9.84. The van der Waals surface area contributed by atoms with E-state index in [4.69, 9.17) is 0 Å². The first-order valence-electron chi connectivity index (χ1n) is 6.46. The molecule has 3 rings (SSSR count). The minimum absolute atomic E-state index is 0.180. The van der Waals surface area contributed by atoms with Gasteiger partial charge in [-0.05, 0) is 43.9 Å². The highest BCUT2D eigenvalue weighted by atomic mass is 16.3. The van der Waals surface area contributed by atoms with Gasteiger partial charge in [0.1, 0.15) is 5.82 Å². The molecule has 3 heteroatoms. The van der Waals surface area contributed by atoms with Crippen molar-refractivity contribution in [3.8, 4) is 0 Å². The smallest absolute Gasteiger partial charge is 0.111 e. The van der Waals surface area contributed by atoms with Crippen LogP contribution >= 0.6 is 0 Å². The van der Waals surface area contributed by atoms with Crippen LogP contribution in [0.1, 0.15) is 32.0 Å². The maximum absolute atomic E-state index is 10.2. The van der Waals surface area contributed by atoms with Crippen molar-refractivity contribution < 1.29 is 5.11 Å². The summed E-state index contributed by atoms with van der Waals surface area (Å²) in [5.74, 6) is 3.47. The van der Waals surface area contributed by atoms with Gasteiger partial charge in [-0.2, -0.15) is 0 Å². The number of aromatic nitrogens is 2. The van der Waals surface area contributed by atoms with Crippen LogP contribution in [0.4, 0.5) is 0 Å². The Hall–Kier alpha value is -0.830. The summed E-state index contributed by atoms with van der Waals surface area (Å²) in [4.78, 5) is 4.33. The molecule has 1 aromatic rings. The second kappa shape index (κ2) is 3.88. The van der Waals surface area contributed by atoms with Crippen LogP contribution < -0.4 is 0 Å². The Labute approximate surface area is 96.5 Å². The molecule has 0 spiro atoms. The molecule has 0 aromatic carbocycles. The Balaban J connectivity index is 1.61. The SMILES string of the molecule is CCn1ccnc1CC(O)C1CC2CC2C1. The summed E-state index contributed by atoms with van der Waals surface area (Å²) in [5.41, 5.74) is 0. The van der Waals surface area contributed by atoms with Crippen molar-refractivity contribution >= 4 is 0 Å². The van der Waals surface area contributed by atoms with E-state index in [0.717, 1.165) is 30.6 Å². The first kappa shape index (κ1) is 10.3. The minimum Gasteiger partial charge on any atom is -0.392 e. The van der Waals surface area contributed by atoms with Crippen LogP contribution in [0.5, 0.6) is 0 Å². The average molecular weight is 220 g/mol. The van der Waals surface area contributed by atoms with Gasteiger partial charge < -0.3 is 9.67 Å². The summed E-state index contributed by atoms with van der Waals surface area (Å²) < 4.78 is 2.12. The van der Waals surface area contributed by atoms with Crippen LogP contribution in [-0.4, -0.2) is 20.8 Å². The fourth-order valence-corrected chi connectivity index (χ4v) is 3.25. The van der Waals surface area contributed by atoms with Gasteiger partial charge in [0.25, 0.3) is 0 Å². The van der Waals surface area contributed by atoms with Crippen LogP contribution in [0.3, 0.4) is 0 Å². The van der Waals surface area contributed by atoms with Gasteiger partial charge in [-0.3, -0.25) is 0 Å². The summed E-state index contributed by atoms with van der Waals surface area (Å²) in [6, 6.07) is 0. The molecule has 1 heterocycles. The van der Waals surface area contributed by atoms with Crippen LogP contribution in [0, 0.1) is 17.8 Å². The standard InChI is InChI=1S/C13H20N2O/c1-2-15-4-3-14-13(15)8-12(16)11-6-9-5-10(9)7-11/h3-4,9-12,16H,2,5-8H2,1H3. The van der Waals surface area contributed by atoms with Gasteiger partial charge in [0.2, 0.25) is 0 Å². The molecule has 0 amide bonds. The molecule has 2 saturated carbocycles. The van der Waals surface area contributed by atoms with E-state index < -0.39 is 0 Å². The van der Waals surface area contributed by atoms with Gasteiger partial charge in [-0.1, -0.05) is 0 Å². The van der Waals surface area contributed by atoms with Crippen molar-refractivity contribution in [2.75, 3.05) is 0 Å². The molecule has 0 saturated heterocycles. The second-order valence-corrected chi connectivity index (χ2v) is 5.39. The van der Waals surface area contributed by atoms with Gasteiger partial charge in [0, 0.05) is 25.4 Å². The van der Waals surface area contributed by atoms with E-state index in [2.05, 4.69) is 16.5 Å². The molecule has 16 heavy (non-hydrogen) atoms. The number of imidazole rings is 1. The highest BCUT2D eigenvalue weighted by molar-refractivity contribution is 5.01. The van der Waals surface area contributed by atoms with E-state index in [-0.39, 0.29) is 6.10 Å². The third kappa shape index (κ3) is 1.77. The Morgan fingerprint density at radius 3 is 2.88 bits per heavy atom. The molecule has 3 nitrogen and oxygen atoms in total. The predicted molar refractivity (Wildman–Crippen MR) is 61.9 cm³/mol.